The van der Waals surface area contributed by atoms with Crippen molar-refractivity contribution in [1.29, 1.82) is 0 Å². The van der Waals surface area contributed by atoms with E-state index in [1.165, 1.54) is 25.8 Å². The van der Waals surface area contributed by atoms with Crippen molar-refractivity contribution in [1.82, 2.24) is 10.2 Å². The molecule has 2 N–H and O–H groups in total. The largest absolute Gasteiger partial charge is 0.495 e. The normalized spacial score (nSPS) is 13.4. The van der Waals surface area contributed by atoms with Gasteiger partial charge >= 0.3 is 0 Å². The molecule has 1 saturated carbocycles. The Morgan fingerprint density at radius 2 is 2.12 bits per heavy atom. The van der Waals surface area contributed by atoms with Gasteiger partial charge in [-0.1, -0.05) is 11.8 Å². The van der Waals surface area contributed by atoms with Gasteiger partial charge < -0.3 is 19.8 Å². The van der Waals surface area contributed by atoms with Gasteiger partial charge in [0.2, 0.25) is 17.7 Å². The zero-order valence-corrected chi connectivity index (χ0v) is 14.7. The van der Waals surface area contributed by atoms with E-state index in [-0.39, 0.29) is 17.6 Å². The number of benzene rings is 1. The van der Waals surface area contributed by atoms with E-state index < -0.39 is 0 Å². The minimum absolute atomic E-state index is 0.125. The summed E-state index contributed by atoms with van der Waals surface area (Å²) in [6.07, 6.45) is 2.16. The quantitative estimate of drug-likeness (QED) is 0.729. The van der Waals surface area contributed by atoms with E-state index in [0.717, 1.165) is 12.8 Å². The zero-order valence-electron chi connectivity index (χ0n) is 13.9. The van der Waals surface area contributed by atoms with Crippen LogP contribution in [0.5, 0.6) is 5.75 Å². The zero-order chi connectivity index (χ0) is 17.8. The van der Waals surface area contributed by atoms with Crippen molar-refractivity contribution in [2.75, 3.05) is 23.5 Å². The Hall–Kier alpha value is -2.55. The third-order valence-electron chi connectivity index (χ3n) is 3.47. The predicted octanol–water partition coefficient (Wildman–Crippen LogP) is 2.64. The number of carbonyl (C=O) groups is 2. The Bertz CT molecular complexity index is 788. The highest BCUT2D eigenvalue weighted by molar-refractivity contribution is 7.99. The summed E-state index contributed by atoms with van der Waals surface area (Å²) in [5.41, 5.74) is 1.05. The lowest BCUT2D eigenvalue weighted by Gasteiger charge is -2.12. The number of nitrogens with zero attached hydrogens (tertiary/aromatic N) is 2. The van der Waals surface area contributed by atoms with Crippen LogP contribution in [0.4, 0.5) is 11.4 Å². The standard InChI is InChI=1S/C16H18N4O4S/c1-9(21)17-11-5-6-13(23-2)12(7-11)18-14(22)8-25-16-20-19-15(24-16)10-3-4-10/h5-7,10H,3-4,8H2,1-2H3,(H,17,21)(H,18,22). The van der Waals surface area contributed by atoms with Crippen molar-refractivity contribution in [2.45, 2.75) is 30.9 Å². The molecule has 1 aliphatic carbocycles. The second-order valence-electron chi connectivity index (χ2n) is 5.61. The number of carbonyl (C=O) groups excluding carboxylic acids is 2. The van der Waals surface area contributed by atoms with Crippen LogP contribution < -0.4 is 15.4 Å². The highest BCUT2D eigenvalue weighted by atomic mass is 32.2. The molecule has 1 aromatic heterocycles. The number of anilines is 2. The summed E-state index contributed by atoms with van der Waals surface area (Å²) in [5, 5.41) is 13.7. The van der Waals surface area contributed by atoms with Crippen LogP contribution in [0.1, 0.15) is 31.6 Å². The third-order valence-corrected chi connectivity index (χ3v) is 4.29. The predicted molar refractivity (Wildman–Crippen MR) is 92.9 cm³/mol. The van der Waals surface area contributed by atoms with Crippen molar-refractivity contribution >= 4 is 35.0 Å². The van der Waals surface area contributed by atoms with E-state index in [0.29, 0.717) is 34.2 Å². The van der Waals surface area contributed by atoms with Crippen LogP contribution >= 0.6 is 11.8 Å². The summed E-state index contributed by atoms with van der Waals surface area (Å²) in [6, 6.07) is 5.01. The number of aromatic nitrogens is 2. The van der Waals surface area contributed by atoms with Gasteiger partial charge in [-0.15, -0.1) is 10.2 Å². The minimum atomic E-state index is -0.241. The van der Waals surface area contributed by atoms with Gasteiger partial charge in [-0.2, -0.15) is 0 Å². The van der Waals surface area contributed by atoms with Crippen LogP contribution in [0.15, 0.2) is 27.8 Å². The Balaban J connectivity index is 1.59. The maximum Gasteiger partial charge on any atom is 0.277 e. The molecule has 0 atom stereocenters. The Morgan fingerprint density at radius 1 is 1.32 bits per heavy atom. The summed E-state index contributed by atoms with van der Waals surface area (Å²) >= 11 is 1.18. The molecule has 2 amide bonds. The molecule has 3 rings (SSSR count). The Kier molecular flexibility index (Phi) is 5.22. The summed E-state index contributed by atoms with van der Waals surface area (Å²) in [5.74, 6) is 1.22. The molecule has 1 aromatic carbocycles. The molecule has 0 aliphatic heterocycles. The number of amides is 2. The lowest BCUT2D eigenvalue weighted by molar-refractivity contribution is -0.114. The van der Waals surface area contributed by atoms with Gasteiger partial charge in [0.05, 0.1) is 18.6 Å². The monoisotopic (exact) mass is 362 g/mol. The molecule has 8 nitrogen and oxygen atoms in total. The molecule has 9 heteroatoms. The Labute approximate surface area is 148 Å². The van der Waals surface area contributed by atoms with Crippen LogP contribution in [0.25, 0.3) is 0 Å². The molecule has 2 aromatic rings. The molecule has 0 unspecified atom stereocenters. The SMILES string of the molecule is COc1ccc(NC(C)=O)cc1NC(=O)CSc1nnc(C2CC2)o1. The maximum atomic E-state index is 12.2. The molecule has 0 saturated heterocycles. The average molecular weight is 362 g/mol. The van der Waals surface area contributed by atoms with E-state index in [1.807, 2.05) is 0 Å². The van der Waals surface area contributed by atoms with Gasteiger partial charge in [0.15, 0.2) is 0 Å². The van der Waals surface area contributed by atoms with Gasteiger partial charge in [0.25, 0.3) is 5.22 Å². The number of hydrogen-bond acceptors (Lipinski definition) is 7. The van der Waals surface area contributed by atoms with Gasteiger partial charge in [-0.05, 0) is 31.0 Å². The molecule has 1 fully saturated rings. The number of rotatable bonds is 7. The summed E-state index contributed by atoms with van der Waals surface area (Å²) in [4.78, 5) is 23.3. The van der Waals surface area contributed by atoms with Crippen molar-refractivity contribution < 1.29 is 18.7 Å². The lowest BCUT2D eigenvalue weighted by atomic mass is 10.2. The maximum absolute atomic E-state index is 12.2. The molecule has 0 radical (unpaired) electrons. The fraction of sp³-hybridized carbons (Fsp3) is 0.375. The van der Waals surface area contributed by atoms with Crippen LogP contribution in [0, 0.1) is 0 Å². The first-order chi connectivity index (χ1) is 12.0. The second kappa shape index (κ2) is 7.56. The molecule has 25 heavy (non-hydrogen) atoms. The molecule has 1 heterocycles. The van der Waals surface area contributed by atoms with Crippen molar-refractivity contribution in [3.05, 3.63) is 24.1 Å². The topological polar surface area (TPSA) is 106 Å². The number of nitrogens with one attached hydrogen (secondary N) is 2. The molecular weight excluding hydrogens is 344 g/mol. The van der Waals surface area contributed by atoms with E-state index in [1.54, 1.807) is 18.2 Å². The van der Waals surface area contributed by atoms with Crippen LogP contribution in [-0.2, 0) is 9.59 Å². The van der Waals surface area contributed by atoms with Crippen LogP contribution in [0.3, 0.4) is 0 Å². The highest BCUT2D eigenvalue weighted by Gasteiger charge is 2.29. The number of ether oxygens (including phenoxy) is 1. The fourth-order valence-electron chi connectivity index (χ4n) is 2.17. The third kappa shape index (κ3) is 4.72. The van der Waals surface area contributed by atoms with E-state index in [4.69, 9.17) is 9.15 Å². The molecule has 132 valence electrons. The fourth-order valence-corrected chi connectivity index (χ4v) is 2.74. The number of thioether (sulfide) groups is 1. The van der Waals surface area contributed by atoms with E-state index >= 15 is 0 Å². The number of hydrogen-bond donors (Lipinski definition) is 2. The van der Waals surface area contributed by atoms with Gasteiger partial charge in [0.1, 0.15) is 5.75 Å². The highest BCUT2D eigenvalue weighted by Crippen LogP contribution is 2.39. The summed E-state index contributed by atoms with van der Waals surface area (Å²) in [7, 11) is 1.51. The smallest absolute Gasteiger partial charge is 0.277 e. The first kappa shape index (κ1) is 17.3. The van der Waals surface area contributed by atoms with Crippen LogP contribution in [-0.4, -0.2) is 34.9 Å². The molecule has 0 bridgehead atoms. The first-order valence-electron chi connectivity index (χ1n) is 7.77. The Morgan fingerprint density at radius 3 is 2.80 bits per heavy atom. The molecule has 1 aliphatic rings. The van der Waals surface area contributed by atoms with Crippen molar-refractivity contribution in [3.63, 3.8) is 0 Å². The second-order valence-corrected chi connectivity index (χ2v) is 6.54. The minimum Gasteiger partial charge on any atom is -0.495 e. The van der Waals surface area contributed by atoms with Gasteiger partial charge in [-0.3, -0.25) is 9.59 Å². The molecule has 0 spiro atoms. The summed E-state index contributed by atoms with van der Waals surface area (Å²) in [6.45, 7) is 1.42. The number of methoxy groups -OCH3 is 1. The van der Waals surface area contributed by atoms with Crippen molar-refractivity contribution in [3.8, 4) is 5.75 Å². The van der Waals surface area contributed by atoms with Crippen molar-refractivity contribution in [2.24, 2.45) is 0 Å². The summed E-state index contributed by atoms with van der Waals surface area (Å²) < 4.78 is 10.7. The average Bonchev–Trinajstić information content (AvgIpc) is 3.31. The van der Waals surface area contributed by atoms with Gasteiger partial charge in [-0.25, -0.2) is 0 Å². The van der Waals surface area contributed by atoms with Gasteiger partial charge in [0, 0.05) is 18.5 Å². The molecular formula is C16H18N4O4S. The lowest BCUT2D eigenvalue weighted by Crippen LogP contribution is -2.15. The van der Waals surface area contributed by atoms with Crippen LogP contribution in [0.2, 0.25) is 0 Å². The van der Waals surface area contributed by atoms with E-state index in [2.05, 4.69) is 20.8 Å². The first-order valence-corrected chi connectivity index (χ1v) is 8.75. The van der Waals surface area contributed by atoms with E-state index in [9.17, 15) is 9.59 Å².